The summed E-state index contributed by atoms with van der Waals surface area (Å²) in [4.78, 5) is 34.4. The van der Waals surface area contributed by atoms with E-state index in [9.17, 15) is 14.4 Å². The smallest absolute Gasteiger partial charge is 0.305 e. The van der Waals surface area contributed by atoms with Gasteiger partial charge in [-0.3, -0.25) is 14.4 Å². The molecule has 0 heterocycles. The van der Waals surface area contributed by atoms with Crippen LogP contribution in [0.25, 0.3) is 0 Å². The highest BCUT2D eigenvalue weighted by Crippen LogP contribution is 2.11. The lowest BCUT2D eigenvalue weighted by molar-refractivity contribution is -0.140. The third-order valence-corrected chi connectivity index (χ3v) is 3.60. The van der Waals surface area contributed by atoms with Crippen molar-refractivity contribution in [2.45, 2.75) is 25.7 Å². The average Bonchev–Trinajstić information content (AvgIpc) is 2.55. The van der Waals surface area contributed by atoms with E-state index in [1.807, 2.05) is 6.07 Å². The maximum absolute atomic E-state index is 11.9. The van der Waals surface area contributed by atoms with E-state index >= 15 is 0 Å². The monoisotopic (exact) mass is 384 g/mol. The van der Waals surface area contributed by atoms with E-state index in [1.54, 1.807) is 18.2 Å². The minimum absolute atomic E-state index is 0.0620. The standard InChI is InChI=1S/C16H21BrN2O4/c1-23-15(21)8-3-2-4-9-18-14(20)11-19-16(22)12-6-5-7-13(17)10-12/h5-7,10H,2-4,8-9,11H2,1H3,(H,18,20)(H,19,22). The molecular weight excluding hydrogens is 364 g/mol. The summed E-state index contributed by atoms with van der Waals surface area (Å²) < 4.78 is 5.35. The van der Waals surface area contributed by atoms with E-state index in [2.05, 4.69) is 31.3 Å². The van der Waals surface area contributed by atoms with Crippen LogP contribution in [0.15, 0.2) is 28.7 Å². The summed E-state index contributed by atoms with van der Waals surface area (Å²) in [5.74, 6) is -0.745. The first-order valence-electron chi connectivity index (χ1n) is 7.40. The zero-order valence-corrected chi connectivity index (χ0v) is 14.6. The quantitative estimate of drug-likeness (QED) is 0.503. The Hall–Kier alpha value is -1.89. The van der Waals surface area contributed by atoms with Gasteiger partial charge >= 0.3 is 5.97 Å². The van der Waals surface area contributed by atoms with Crippen molar-refractivity contribution in [3.05, 3.63) is 34.3 Å². The van der Waals surface area contributed by atoms with Crippen LogP contribution in [0.3, 0.4) is 0 Å². The largest absolute Gasteiger partial charge is 0.469 e. The van der Waals surface area contributed by atoms with E-state index in [1.165, 1.54) is 7.11 Å². The third-order valence-electron chi connectivity index (χ3n) is 3.10. The van der Waals surface area contributed by atoms with Gasteiger partial charge < -0.3 is 15.4 Å². The molecule has 1 aromatic rings. The molecule has 0 saturated carbocycles. The molecule has 1 aromatic carbocycles. The molecule has 0 aliphatic heterocycles. The van der Waals surface area contributed by atoms with Crippen LogP contribution in [0.1, 0.15) is 36.0 Å². The molecule has 0 spiro atoms. The highest BCUT2D eigenvalue weighted by Gasteiger charge is 2.08. The number of rotatable bonds is 9. The van der Waals surface area contributed by atoms with Crippen molar-refractivity contribution < 1.29 is 19.1 Å². The summed E-state index contributed by atoms with van der Waals surface area (Å²) in [5, 5.41) is 5.29. The van der Waals surface area contributed by atoms with Crippen molar-refractivity contribution in [1.82, 2.24) is 10.6 Å². The van der Waals surface area contributed by atoms with Gasteiger partial charge in [-0.2, -0.15) is 0 Å². The molecule has 23 heavy (non-hydrogen) atoms. The number of benzene rings is 1. The van der Waals surface area contributed by atoms with Crippen molar-refractivity contribution in [2.24, 2.45) is 0 Å². The molecular formula is C16H21BrN2O4. The summed E-state index contributed by atoms with van der Waals surface area (Å²) in [7, 11) is 1.37. The zero-order chi connectivity index (χ0) is 17.1. The Bertz CT molecular complexity index is 549. The molecule has 0 aromatic heterocycles. The van der Waals surface area contributed by atoms with Crippen LogP contribution in [0, 0.1) is 0 Å². The van der Waals surface area contributed by atoms with Crippen LogP contribution >= 0.6 is 15.9 Å². The maximum atomic E-state index is 11.9. The van der Waals surface area contributed by atoms with Gasteiger partial charge in [-0.05, 0) is 31.0 Å². The number of halogens is 1. The Labute approximate surface area is 144 Å². The number of nitrogens with one attached hydrogen (secondary N) is 2. The highest BCUT2D eigenvalue weighted by atomic mass is 79.9. The molecule has 126 valence electrons. The predicted octanol–water partition coefficient (Wildman–Crippen LogP) is 2.03. The van der Waals surface area contributed by atoms with Crippen LogP contribution in [-0.4, -0.2) is 38.0 Å². The summed E-state index contributed by atoms with van der Waals surface area (Å²) in [6.45, 7) is 0.459. The Morgan fingerprint density at radius 3 is 2.61 bits per heavy atom. The molecule has 0 bridgehead atoms. The van der Waals surface area contributed by atoms with Gasteiger partial charge in [-0.15, -0.1) is 0 Å². The lowest BCUT2D eigenvalue weighted by Gasteiger charge is -2.07. The normalized spacial score (nSPS) is 10.0. The molecule has 0 aliphatic carbocycles. The Kier molecular flexibility index (Phi) is 8.97. The van der Waals surface area contributed by atoms with Crippen molar-refractivity contribution in [3.8, 4) is 0 Å². The number of carbonyl (C=O) groups excluding carboxylic acids is 3. The van der Waals surface area contributed by atoms with Crippen LogP contribution in [0.5, 0.6) is 0 Å². The fourth-order valence-electron chi connectivity index (χ4n) is 1.86. The topological polar surface area (TPSA) is 84.5 Å². The zero-order valence-electron chi connectivity index (χ0n) is 13.1. The van der Waals surface area contributed by atoms with E-state index < -0.39 is 0 Å². The highest BCUT2D eigenvalue weighted by molar-refractivity contribution is 9.10. The molecule has 0 atom stereocenters. The fourth-order valence-corrected chi connectivity index (χ4v) is 2.26. The van der Waals surface area contributed by atoms with E-state index in [4.69, 9.17) is 0 Å². The van der Waals surface area contributed by atoms with Crippen LogP contribution in [0.4, 0.5) is 0 Å². The lowest BCUT2D eigenvalue weighted by atomic mass is 10.2. The molecule has 0 radical (unpaired) electrons. The first-order chi connectivity index (χ1) is 11.0. The lowest BCUT2D eigenvalue weighted by Crippen LogP contribution is -2.37. The summed E-state index contributed by atoms with van der Waals surface area (Å²) >= 11 is 3.29. The second-order valence-corrected chi connectivity index (χ2v) is 5.85. The molecule has 2 amide bonds. The Morgan fingerprint density at radius 1 is 1.13 bits per heavy atom. The number of unbranched alkanes of at least 4 members (excludes halogenated alkanes) is 2. The van der Waals surface area contributed by atoms with Gasteiger partial charge in [-0.1, -0.05) is 28.4 Å². The number of ether oxygens (including phenoxy) is 1. The van der Waals surface area contributed by atoms with E-state index in [0.717, 1.165) is 23.7 Å². The summed E-state index contributed by atoms with van der Waals surface area (Å²) in [5.41, 5.74) is 0.495. The van der Waals surface area contributed by atoms with Gasteiger partial charge in [-0.25, -0.2) is 0 Å². The van der Waals surface area contributed by atoms with Gasteiger partial charge in [0.05, 0.1) is 13.7 Å². The van der Waals surface area contributed by atoms with Gasteiger partial charge in [0.1, 0.15) is 0 Å². The van der Waals surface area contributed by atoms with Crippen LogP contribution in [-0.2, 0) is 14.3 Å². The molecule has 0 saturated heterocycles. The molecule has 6 nitrogen and oxygen atoms in total. The SMILES string of the molecule is COC(=O)CCCCCNC(=O)CNC(=O)c1cccc(Br)c1. The second kappa shape index (κ2) is 10.8. The van der Waals surface area contributed by atoms with Gasteiger partial charge in [0, 0.05) is 23.0 Å². The van der Waals surface area contributed by atoms with Crippen molar-refractivity contribution in [3.63, 3.8) is 0 Å². The molecule has 7 heteroatoms. The second-order valence-electron chi connectivity index (χ2n) is 4.93. The van der Waals surface area contributed by atoms with Crippen molar-refractivity contribution in [1.29, 1.82) is 0 Å². The number of hydrogen-bond acceptors (Lipinski definition) is 4. The molecule has 0 fully saturated rings. The van der Waals surface area contributed by atoms with Gasteiger partial charge in [0.15, 0.2) is 0 Å². The molecule has 0 unspecified atom stereocenters. The first kappa shape index (κ1) is 19.2. The van der Waals surface area contributed by atoms with E-state index in [-0.39, 0.29) is 24.3 Å². The Balaban J connectivity index is 2.12. The molecule has 2 N–H and O–H groups in total. The number of carbonyl (C=O) groups is 3. The van der Waals surface area contributed by atoms with Gasteiger partial charge in [0.2, 0.25) is 5.91 Å². The van der Waals surface area contributed by atoms with Crippen molar-refractivity contribution >= 4 is 33.7 Å². The number of methoxy groups -OCH3 is 1. The number of hydrogen-bond donors (Lipinski definition) is 2. The number of amides is 2. The Morgan fingerprint density at radius 2 is 1.91 bits per heavy atom. The van der Waals surface area contributed by atoms with Crippen LogP contribution in [0.2, 0.25) is 0 Å². The first-order valence-corrected chi connectivity index (χ1v) is 8.19. The minimum Gasteiger partial charge on any atom is -0.469 e. The van der Waals surface area contributed by atoms with Crippen LogP contribution < -0.4 is 10.6 Å². The predicted molar refractivity (Wildman–Crippen MR) is 90.0 cm³/mol. The molecule has 0 aliphatic rings. The summed E-state index contributed by atoms with van der Waals surface area (Å²) in [6.07, 6.45) is 2.75. The molecule has 1 rings (SSSR count). The summed E-state index contributed by atoms with van der Waals surface area (Å²) in [6, 6.07) is 6.95. The van der Waals surface area contributed by atoms with E-state index in [0.29, 0.717) is 18.5 Å². The fraction of sp³-hybridized carbons (Fsp3) is 0.438. The average molecular weight is 385 g/mol. The minimum atomic E-state index is -0.292. The van der Waals surface area contributed by atoms with Gasteiger partial charge in [0.25, 0.3) is 5.91 Å². The van der Waals surface area contributed by atoms with Crippen molar-refractivity contribution in [2.75, 3.05) is 20.2 Å². The number of esters is 1. The third kappa shape index (κ3) is 8.35. The maximum Gasteiger partial charge on any atom is 0.305 e.